The summed E-state index contributed by atoms with van der Waals surface area (Å²) in [6.07, 6.45) is -0.556. The third-order valence-corrected chi connectivity index (χ3v) is 5.76. The number of ether oxygens (including phenoxy) is 3. The number of piperazine rings is 1. The predicted octanol–water partition coefficient (Wildman–Crippen LogP) is 1.95. The lowest BCUT2D eigenvalue weighted by Crippen LogP contribution is -2.55. The molecule has 2 aromatic rings. The van der Waals surface area contributed by atoms with E-state index in [1.54, 1.807) is 34.1 Å². The van der Waals surface area contributed by atoms with Crippen LogP contribution >= 0.6 is 0 Å². The van der Waals surface area contributed by atoms with Crippen LogP contribution in [0.2, 0.25) is 0 Å². The van der Waals surface area contributed by atoms with Crippen LogP contribution in [0.4, 0.5) is 0 Å². The average Bonchev–Trinajstić information content (AvgIpc) is 2.83. The first-order chi connectivity index (χ1) is 15.5. The van der Waals surface area contributed by atoms with Gasteiger partial charge in [-0.25, -0.2) is 0 Å². The van der Waals surface area contributed by atoms with E-state index >= 15 is 0 Å². The van der Waals surface area contributed by atoms with Crippen molar-refractivity contribution < 1.29 is 28.6 Å². The number of carbonyl (C=O) groups excluding carboxylic acids is 3. The number of carbonyl (C=O) groups is 3. The normalized spacial score (nSPS) is 17.6. The zero-order valence-corrected chi connectivity index (χ0v) is 18.2. The Morgan fingerprint density at radius 3 is 2.38 bits per heavy atom. The van der Waals surface area contributed by atoms with E-state index in [-0.39, 0.29) is 30.6 Å². The fraction of sp³-hybridized carbons (Fsp3) is 0.375. The molecule has 0 bridgehead atoms. The van der Waals surface area contributed by atoms with Crippen molar-refractivity contribution in [2.75, 3.05) is 39.9 Å². The van der Waals surface area contributed by atoms with Crippen molar-refractivity contribution in [1.29, 1.82) is 0 Å². The Labute approximate surface area is 186 Å². The lowest BCUT2D eigenvalue weighted by Gasteiger charge is -2.37. The molecule has 8 heteroatoms. The summed E-state index contributed by atoms with van der Waals surface area (Å²) >= 11 is 0. The topological polar surface area (TPSA) is 85.4 Å². The molecule has 0 aliphatic carbocycles. The number of ketones is 1. The van der Waals surface area contributed by atoms with E-state index in [4.69, 9.17) is 14.2 Å². The summed E-state index contributed by atoms with van der Waals surface area (Å²) < 4.78 is 16.8. The summed E-state index contributed by atoms with van der Waals surface area (Å²) in [6, 6.07) is 12.4. The molecule has 0 spiro atoms. The van der Waals surface area contributed by atoms with Crippen LogP contribution in [0.5, 0.6) is 17.2 Å². The van der Waals surface area contributed by atoms with Crippen molar-refractivity contribution in [1.82, 2.24) is 9.80 Å². The van der Waals surface area contributed by atoms with E-state index in [2.05, 4.69) is 0 Å². The molecule has 168 valence electrons. The molecule has 0 aromatic heterocycles. The Balaban J connectivity index is 1.34. The molecule has 0 unspecified atom stereocenters. The van der Waals surface area contributed by atoms with Gasteiger partial charge < -0.3 is 24.0 Å². The summed E-state index contributed by atoms with van der Waals surface area (Å²) in [5.41, 5.74) is 1.22. The second-order valence-electron chi connectivity index (χ2n) is 7.83. The molecule has 2 aromatic carbocycles. The summed E-state index contributed by atoms with van der Waals surface area (Å²) in [5.74, 6) is 1.51. The van der Waals surface area contributed by atoms with Crippen molar-refractivity contribution in [3.63, 3.8) is 0 Å². The van der Waals surface area contributed by atoms with Gasteiger partial charge in [-0.15, -0.1) is 0 Å². The molecule has 1 fully saturated rings. The van der Waals surface area contributed by atoms with E-state index in [0.717, 1.165) is 0 Å². The molecule has 2 aliphatic heterocycles. The van der Waals surface area contributed by atoms with Crippen molar-refractivity contribution in [2.24, 2.45) is 0 Å². The van der Waals surface area contributed by atoms with Crippen LogP contribution in [0.3, 0.4) is 0 Å². The number of hydrogen-bond acceptors (Lipinski definition) is 6. The van der Waals surface area contributed by atoms with Gasteiger partial charge >= 0.3 is 0 Å². The smallest absolute Gasteiger partial charge is 0.267 e. The number of methoxy groups -OCH3 is 1. The van der Waals surface area contributed by atoms with Gasteiger partial charge in [0.2, 0.25) is 12.0 Å². The first-order valence-electron chi connectivity index (χ1n) is 10.6. The maximum atomic E-state index is 12.9. The number of fused-ring (bicyclic) bond motifs is 1. The van der Waals surface area contributed by atoms with Crippen LogP contribution in [0.1, 0.15) is 22.8 Å². The number of rotatable bonds is 5. The second kappa shape index (κ2) is 9.30. The highest BCUT2D eigenvalue weighted by atomic mass is 16.6. The molecule has 32 heavy (non-hydrogen) atoms. The Hall–Kier alpha value is -3.55. The maximum Gasteiger partial charge on any atom is 0.267 e. The van der Waals surface area contributed by atoms with E-state index < -0.39 is 6.10 Å². The van der Waals surface area contributed by atoms with Gasteiger partial charge in [0.05, 0.1) is 13.5 Å². The van der Waals surface area contributed by atoms with Crippen molar-refractivity contribution in [2.45, 2.75) is 19.4 Å². The number of benzene rings is 2. The van der Waals surface area contributed by atoms with E-state index in [1.807, 2.05) is 18.2 Å². The van der Waals surface area contributed by atoms with E-state index in [0.29, 0.717) is 54.6 Å². The number of Topliss-reactive ketones (excluding diaryl/α,β-unsaturated/α-hetero) is 1. The molecule has 2 amide bonds. The van der Waals surface area contributed by atoms with Crippen LogP contribution in [-0.2, 0) is 16.0 Å². The Morgan fingerprint density at radius 2 is 1.69 bits per heavy atom. The van der Waals surface area contributed by atoms with Gasteiger partial charge in [-0.1, -0.05) is 12.1 Å². The van der Waals surface area contributed by atoms with Gasteiger partial charge in [0, 0.05) is 37.3 Å². The van der Waals surface area contributed by atoms with Gasteiger partial charge in [-0.05, 0) is 37.3 Å². The van der Waals surface area contributed by atoms with Crippen LogP contribution in [0.25, 0.3) is 0 Å². The highest BCUT2D eigenvalue weighted by Gasteiger charge is 2.33. The monoisotopic (exact) mass is 438 g/mol. The average molecular weight is 438 g/mol. The lowest BCUT2D eigenvalue weighted by molar-refractivity contribution is -0.146. The molecule has 0 saturated carbocycles. The fourth-order valence-corrected chi connectivity index (χ4v) is 3.93. The molecular formula is C24H26N2O6. The number of hydrogen-bond donors (Lipinski definition) is 0. The molecule has 2 aliphatic rings. The molecule has 1 saturated heterocycles. The first-order valence-corrected chi connectivity index (χ1v) is 10.6. The van der Waals surface area contributed by atoms with Gasteiger partial charge in [0.15, 0.2) is 17.3 Å². The Morgan fingerprint density at radius 1 is 1.00 bits per heavy atom. The third kappa shape index (κ3) is 4.54. The lowest BCUT2D eigenvalue weighted by atomic mass is 10.0. The molecular weight excluding hydrogens is 412 g/mol. The molecule has 1 atom stereocenters. The van der Waals surface area contributed by atoms with Crippen LogP contribution in [0, 0.1) is 0 Å². The summed E-state index contributed by atoms with van der Waals surface area (Å²) in [6.45, 7) is 3.38. The first kappa shape index (κ1) is 21.7. The minimum atomic E-state index is -0.689. The maximum absolute atomic E-state index is 12.9. The number of amides is 2. The van der Waals surface area contributed by atoms with Gasteiger partial charge in [0.25, 0.3) is 5.91 Å². The van der Waals surface area contributed by atoms with E-state index in [9.17, 15) is 14.4 Å². The molecule has 8 nitrogen and oxygen atoms in total. The zero-order valence-electron chi connectivity index (χ0n) is 18.2. The minimum absolute atomic E-state index is 0.0648. The fourth-order valence-electron chi connectivity index (χ4n) is 3.93. The Bertz CT molecular complexity index is 1030. The quantitative estimate of drug-likeness (QED) is 0.664. The molecule has 0 N–H and O–H groups in total. The standard InChI is InChI=1S/C24H26N2O6/c1-16(27)17-7-8-19(30-2)18(13-17)14-23(28)25-9-11-26(12-10-25)24(29)22-15-31-20-5-3-4-6-21(20)32-22/h3-8,13,22H,9-12,14-15H2,1-2H3/t22-/m0/s1. The zero-order chi connectivity index (χ0) is 22.7. The van der Waals surface area contributed by atoms with Crippen molar-refractivity contribution in [3.8, 4) is 17.2 Å². The van der Waals surface area contributed by atoms with Crippen molar-refractivity contribution in [3.05, 3.63) is 53.6 Å². The van der Waals surface area contributed by atoms with Gasteiger partial charge in [0.1, 0.15) is 12.4 Å². The largest absolute Gasteiger partial charge is 0.496 e. The second-order valence-corrected chi connectivity index (χ2v) is 7.83. The minimum Gasteiger partial charge on any atom is -0.496 e. The third-order valence-electron chi connectivity index (χ3n) is 5.76. The van der Waals surface area contributed by atoms with Crippen LogP contribution in [0.15, 0.2) is 42.5 Å². The van der Waals surface area contributed by atoms with E-state index in [1.165, 1.54) is 14.0 Å². The SMILES string of the molecule is COc1ccc(C(C)=O)cc1CC(=O)N1CCN(C(=O)[C@@H]2COc3ccccc3O2)CC1. The Kier molecular flexibility index (Phi) is 6.30. The van der Waals surface area contributed by atoms with Gasteiger partial charge in [-0.3, -0.25) is 14.4 Å². The summed E-state index contributed by atoms with van der Waals surface area (Å²) in [5, 5.41) is 0. The highest BCUT2D eigenvalue weighted by Crippen LogP contribution is 2.31. The van der Waals surface area contributed by atoms with Crippen LogP contribution < -0.4 is 14.2 Å². The molecule has 4 rings (SSSR count). The predicted molar refractivity (Wildman–Crippen MR) is 116 cm³/mol. The number of para-hydroxylation sites is 2. The number of nitrogens with zero attached hydrogens (tertiary/aromatic N) is 2. The molecule has 2 heterocycles. The van der Waals surface area contributed by atoms with Gasteiger partial charge in [-0.2, -0.15) is 0 Å². The molecule has 0 radical (unpaired) electrons. The summed E-state index contributed by atoms with van der Waals surface area (Å²) in [4.78, 5) is 40.9. The highest BCUT2D eigenvalue weighted by molar-refractivity contribution is 5.94. The van der Waals surface area contributed by atoms with Crippen LogP contribution in [-0.4, -0.2) is 73.4 Å². The summed E-state index contributed by atoms with van der Waals surface area (Å²) in [7, 11) is 1.54. The van der Waals surface area contributed by atoms with Crippen molar-refractivity contribution >= 4 is 17.6 Å².